The van der Waals surface area contributed by atoms with E-state index in [1.165, 1.54) is 0 Å². The van der Waals surface area contributed by atoms with Crippen LogP contribution in [0.3, 0.4) is 0 Å². The highest BCUT2D eigenvalue weighted by Crippen LogP contribution is 2.21. The normalized spacial score (nSPS) is 16.2. The highest BCUT2D eigenvalue weighted by molar-refractivity contribution is 9.10. The van der Waals surface area contributed by atoms with E-state index in [9.17, 15) is 4.79 Å². The second-order valence-corrected chi connectivity index (χ2v) is 5.08. The molecule has 1 aliphatic rings. The molecule has 1 aromatic rings. The van der Waals surface area contributed by atoms with Crippen LogP contribution in [0.2, 0.25) is 0 Å². The lowest BCUT2D eigenvalue weighted by Gasteiger charge is -2.27. The van der Waals surface area contributed by atoms with Crippen LogP contribution in [-0.2, 0) is 0 Å². The van der Waals surface area contributed by atoms with Crippen molar-refractivity contribution in [3.05, 3.63) is 28.2 Å². The summed E-state index contributed by atoms with van der Waals surface area (Å²) in [5.41, 5.74) is 0.689. The average Bonchev–Trinajstić information content (AvgIpc) is 2.32. The molecule has 0 unspecified atom stereocenters. The Morgan fingerprint density at radius 3 is 2.75 bits per heavy atom. The Morgan fingerprint density at radius 2 is 2.06 bits per heavy atom. The number of nitrogens with one attached hydrogen (secondary N) is 1. The molecule has 1 aliphatic heterocycles. The minimum absolute atomic E-state index is 0.0734. The molecule has 2 rings (SSSR count). The Balaban J connectivity index is 2.22. The molecule has 0 radical (unpaired) electrons. The topological polar surface area (TPSA) is 32.3 Å². The monoisotopic (exact) mass is 300 g/mol. The van der Waals surface area contributed by atoms with Gasteiger partial charge in [-0.1, -0.05) is 0 Å². The molecule has 0 spiro atoms. The number of carbonyl (C=O) groups is 1. The number of hydrogen-bond donors (Lipinski definition) is 2. The van der Waals surface area contributed by atoms with Gasteiger partial charge in [0.15, 0.2) is 0 Å². The van der Waals surface area contributed by atoms with Gasteiger partial charge in [-0.15, -0.1) is 12.6 Å². The van der Waals surface area contributed by atoms with Gasteiger partial charge in [0.2, 0.25) is 0 Å². The number of piperazine rings is 1. The minimum Gasteiger partial charge on any atom is -0.336 e. The fourth-order valence-corrected chi connectivity index (χ4v) is 2.34. The van der Waals surface area contributed by atoms with Crippen LogP contribution in [0.5, 0.6) is 0 Å². The van der Waals surface area contributed by atoms with Crippen molar-refractivity contribution in [2.75, 3.05) is 26.2 Å². The van der Waals surface area contributed by atoms with Crippen LogP contribution >= 0.6 is 28.6 Å². The van der Waals surface area contributed by atoms with E-state index in [1.54, 1.807) is 6.07 Å². The van der Waals surface area contributed by atoms with Gasteiger partial charge in [-0.25, -0.2) is 0 Å². The SMILES string of the molecule is O=C(c1cc(S)ccc1Br)N1CCNCC1. The lowest BCUT2D eigenvalue weighted by molar-refractivity contribution is 0.0734. The molecule has 3 nitrogen and oxygen atoms in total. The minimum atomic E-state index is 0.0734. The summed E-state index contributed by atoms with van der Waals surface area (Å²) in [6.45, 7) is 3.26. The van der Waals surface area contributed by atoms with Gasteiger partial charge in [0, 0.05) is 35.5 Å². The molecule has 0 bridgehead atoms. The van der Waals surface area contributed by atoms with Crippen molar-refractivity contribution in [3.63, 3.8) is 0 Å². The third-order valence-electron chi connectivity index (χ3n) is 2.58. The van der Waals surface area contributed by atoms with Crippen LogP contribution < -0.4 is 5.32 Å². The molecule has 5 heteroatoms. The van der Waals surface area contributed by atoms with Gasteiger partial charge in [-0.05, 0) is 34.1 Å². The second kappa shape index (κ2) is 5.21. The predicted molar refractivity (Wildman–Crippen MR) is 70.2 cm³/mol. The van der Waals surface area contributed by atoms with Crippen LogP contribution in [0, 0.1) is 0 Å². The Hall–Kier alpha value is -0.520. The summed E-state index contributed by atoms with van der Waals surface area (Å²) in [5, 5.41) is 3.23. The van der Waals surface area contributed by atoms with Crippen LogP contribution in [0.25, 0.3) is 0 Å². The molecule has 1 fully saturated rings. The Labute approximate surface area is 109 Å². The molecule has 1 heterocycles. The second-order valence-electron chi connectivity index (χ2n) is 3.71. The summed E-state index contributed by atoms with van der Waals surface area (Å²) in [7, 11) is 0. The van der Waals surface area contributed by atoms with Gasteiger partial charge < -0.3 is 10.2 Å². The number of carbonyl (C=O) groups excluding carboxylic acids is 1. The standard InChI is InChI=1S/C11H13BrN2OS/c12-10-2-1-8(16)7-9(10)11(15)14-5-3-13-4-6-14/h1-2,7,13,16H,3-6H2. The average molecular weight is 301 g/mol. The van der Waals surface area contributed by atoms with E-state index < -0.39 is 0 Å². The molecule has 1 aromatic carbocycles. The third kappa shape index (κ3) is 2.59. The summed E-state index contributed by atoms with van der Waals surface area (Å²) >= 11 is 7.66. The summed E-state index contributed by atoms with van der Waals surface area (Å²) in [4.78, 5) is 14.9. The Bertz CT molecular complexity index is 405. The number of thiol groups is 1. The highest BCUT2D eigenvalue weighted by atomic mass is 79.9. The number of nitrogens with zero attached hydrogens (tertiary/aromatic N) is 1. The quantitative estimate of drug-likeness (QED) is 0.775. The highest BCUT2D eigenvalue weighted by Gasteiger charge is 2.19. The molecule has 1 N–H and O–H groups in total. The molecule has 1 saturated heterocycles. The first kappa shape index (κ1) is 12.0. The van der Waals surface area contributed by atoms with Crippen molar-refractivity contribution in [1.82, 2.24) is 10.2 Å². The van der Waals surface area contributed by atoms with E-state index in [-0.39, 0.29) is 5.91 Å². The van der Waals surface area contributed by atoms with E-state index >= 15 is 0 Å². The van der Waals surface area contributed by atoms with Crippen molar-refractivity contribution in [3.8, 4) is 0 Å². The summed E-state index contributed by atoms with van der Waals surface area (Å²) in [6.07, 6.45) is 0. The van der Waals surface area contributed by atoms with Crippen molar-refractivity contribution < 1.29 is 4.79 Å². The molecule has 0 aromatic heterocycles. The van der Waals surface area contributed by atoms with Crippen LogP contribution in [-0.4, -0.2) is 37.0 Å². The van der Waals surface area contributed by atoms with Gasteiger partial charge in [0.05, 0.1) is 5.56 Å². The maximum Gasteiger partial charge on any atom is 0.255 e. The fraction of sp³-hybridized carbons (Fsp3) is 0.364. The lowest BCUT2D eigenvalue weighted by Crippen LogP contribution is -2.46. The summed E-state index contributed by atoms with van der Waals surface area (Å²) in [6, 6.07) is 5.52. The molecule has 0 saturated carbocycles. The molecular formula is C11H13BrN2OS. The molecule has 86 valence electrons. The largest absolute Gasteiger partial charge is 0.336 e. The van der Waals surface area contributed by atoms with Gasteiger partial charge >= 0.3 is 0 Å². The summed E-state index contributed by atoms with van der Waals surface area (Å²) in [5.74, 6) is 0.0734. The van der Waals surface area contributed by atoms with E-state index in [4.69, 9.17) is 0 Å². The summed E-state index contributed by atoms with van der Waals surface area (Å²) < 4.78 is 0.828. The van der Waals surface area contributed by atoms with E-state index in [1.807, 2.05) is 17.0 Å². The predicted octanol–water partition coefficient (Wildman–Crippen LogP) is 1.78. The van der Waals surface area contributed by atoms with Gasteiger partial charge in [0.25, 0.3) is 5.91 Å². The molecule has 1 amide bonds. The Morgan fingerprint density at radius 1 is 1.38 bits per heavy atom. The van der Waals surface area contributed by atoms with Crippen LogP contribution in [0.15, 0.2) is 27.6 Å². The van der Waals surface area contributed by atoms with Crippen molar-refractivity contribution in [2.24, 2.45) is 0 Å². The smallest absolute Gasteiger partial charge is 0.255 e. The molecule has 16 heavy (non-hydrogen) atoms. The number of halogens is 1. The number of hydrogen-bond acceptors (Lipinski definition) is 3. The number of rotatable bonds is 1. The van der Waals surface area contributed by atoms with Gasteiger partial charge in [-0.3, -0.25) is 4.79 Å². The first-order chi connectivity index (χ1) is 7.68. The zero-order valence-corrected chi connectivity index (χ0v) is 11.2. The number of amides is 1. The first-order valence-electron chi connectivity index (χ1n) is 5.17. The van der Waals surface area contributed by atoms with Gasteiger partial charge in [0.1, 0.15) is 0 Å². The van der Waals surface area contributed by atoms with Crippen molar-refractivity contribution in [2.45, 2.75) is 4.90 Å². The zero-order valence-electron chi connectivity index (χ0n) is 8.74. The van der Waals surface area contributed by atoms with E-state index in [0.717, 1.165) is 35.5 Å². The van der Waals surface area contributed by atoms with Gasteiger partial charge in [-0.2, -0.15) is 0 Å². The molecular weight excluding hydrogens is 288 g/mol. The van der Waals surface area contributed by atoms with Crippen molar-refractivity contribution >= 4 is 34.5 Å². The maximum absolute atomic E-state index is 12.2. The Kier molecular flexibility index (Phi) is 3.89. The van der Waals surface area contributed by atoms with Crippen molar-refractivity contribution in [1.29, 1.82) is 0 Å². The number of benzene rings is 1. The van der Waals surface area contributed by atoms with E-state index in [2.05, 4.69) is 33.9 Å². The lowest BCUT2D eigenvalue weighted by atomic mass is 10.2. The fourth-order valence-electron chi connectivity index (χ4n) is 1.72. The zero-order chi connectivity index (χ0) is 11.5. The molecule has 0 atom stereocenters. The van der Waals surface area contributed by atoms with Crippen LogP contribution in [0.4, 0.5) is 0 Å². The maximum atomic E-state index is 12.2. The third-order valence-corrected chi connectivity index (χ3v) is 3.55. The molecule has 0 aliphatic carbocycles. The van der Waals surface area contributed by atoms with Crippen LogP contribution in [0.1, 0.15) is 10.4 Å². The van der Waals surface area contributed by atoms with E-state index in [0.29, 0.717) is 5.56 Å². The first-order valence-corrected chi connectivity index (χ1v) is 6.41.